The standard InChI is InChI=1S/C6H4O7/c7-2-1(4(8)9)6(12)13-3(2)5(10)11/h7,12H,(H,8,9)(H,10,11). The molecule has 0 atom stereocenters. The number of aromatic carboxylic acids is 2. The monoisotopic (exact) mass is 188 g/mol. The van der Waals surface area contributed by atoms with Crippen molar-refractivity contribution in [3.05, 3.63) is 11.3 Å². The first-order valence-electron chi connectivity index (χ1n) is 2.96. The second kappa shape index (κ2) is 2.70. The van der Waals surface area contributed by atoms with E-state index in [1.807, 2.05) is 0 Å². The minimum Gasteiger partial charge on any atom is -0.503 e. The summed E-state index contributed by atoms with van der Waals surface area (Å²) in [7, 11) is 0. The summed E-state index contributed by atoms with van der Waals surface area (Å²) in [6.07, 6.45) is 0. The van der Waals surface area contributed by atoms with Crippen LogP contribution < -0.4 is 0 Å². The fourth-order valence-corrected chi connectivity index (χ4v) is 0.749. The number of hydrogen-bond acceptors (Lipinski definition) is 5. The number of hydrogen-bond donors (Lipinski definition) is 4. The second-order valence-corrected chi connectivity index (χ2v) is 2.07. The molecule has 7 heteroatoms. The zero-order valence-corrected chi connectivity index (χ0v) is 6.01. The van der Waals surface area contributed by atoms with Crippen LogP contribution >= 0.6 is 0 Å². The summed E-state index contributed by atoms with van der Waals surface area (Å²) in [5.41, 5.74) is -0.961. The summed E-state index contributed by atoms with van der Waals surface area (Å²) in [5, 5.41) is 34.4. The van der Waals surface area contributed by atoms with Crippen molar-refractivity contribution in [3.8, 4) is 11.7 Å². The van der Waals surface area contributed by atoms with Crippen molar-refractivity contribution in [1.29, 1.82) is 0 Å². The third-order valence-electron chi connectivity index (χ3n) is 1.27. The van der Waals surface area contributed by atoms with Gasteiger partial charge in [-0.25, -0.2) is 9.59 Å². The Morgan fingerprint density at radius 3 is 1.85 bits per heavy atom. The van der Waals surface area contributed by atoms with Crippen molar-refractivity contribution in [2.24, 2.45) is 0 Å². The predicted molar refractivity (Wildman–Crippen MR) is 36.0 cm³/mol. The zero-order chi connectivity index (χ0) is 10.2. The van der Waals surface area contributed by atoms with Crippen LogP contribution in [0.15, 0.2) is 4.42 Å². The second-order valence-electron chi connectivity index (χ2n) is 2.07. The Morgan fingerprint density at radius 2 is 1.62 bits per heavy atom. The number of carbonyl (C=O) groups is 2. The molecular weight excluding hydrogens is 184 g/mol. The van der Waals surface area contributed by atoms with Crippen molar-refractivity contribution in [2.45, 2.75) is 0 Å². The van der Waals surface area contributed by atoms with Crippen LogP contribution in [0.3, 0.4) is 0 Å². The number of aromatic hydroxyl groups is 2. The van der Waals surface area contributed by atoms with Gasteiger partial charge in [-0.1, -0.05) is 0 Å². The number of carboxylic acids is 2. The third-order valence-corrected chi connectivity index (χ3v) is 1.27. The molecule has 0 spiro atoms. The lowest BCUT2D eigenvalue weighted by Crippen LogP contribution is -1.97. The fraction of sp³-hybridized carbons (Fsp3) is 0. The molecule has 1 aromatic heterocycles. The lowest BCUT2D eigenvalue weighted by Gasteiger charge is -1.88. The maximum absolute atomic E-state index is 10.3. The van der Waals surface area contributed by atoms with E-state index in [1.54, 1.807) is 0 Å². The number of furan rings is 1. The van der Waals surface area contributed by atoms with E-state index in [2.05, 4.69) is 4.42 Å². The number of rotatable bonds is 2. The summed E-state index contributed by atoms with van der Waals surface area (Å²) < 4.78 is 4.09. The molecule has 1 rings (SSSR count). The molecule has 0 amide bonds. The highest BCUT2D eigenvalue weighted by atomic mass is 16.5. The lowest BCUT2D eigenvalue weighted by molar-refractivity contribution is 0.0647. The number of carboxylic acid groups (broad SMARTS) is 2. The molecule has 70 valence electrons. The minimum atomic E-state index is -1.67. The van der Waals surface area contributed by atoms with E-state index in [0.29, 0.717) is 0 Å². The molecule has 0 unspecified atom stereocenters. The van der Waals surface area contributed by atoms with E-state index in [4.69, 9.17) is 20.4 Å². The highest BCUT2D eigenvalue weighted by Crippen LogP contribution is 2.33. The van der Waals surface area contributed by atoms with Gasteiger partial charge in [0, 0.05) is 0 Å². The molecule has 0 aliphatic rings. The molecule has 0 bridgehead atoms. The maximum atomic E-state index is 10.3. The van der Waals surface area contributed by atoms with Crippen LogP contribution in [0.25, 0.3) is 0 Å². The molecule has 7 nitrogen and oxygen atoms in total. The summed E-state index contributed by atoms with van der Waals surface area (Å²) in [6, 6.07) is 0. The average molecular weight is 188 g/mol. The molecule has 0 saturated carbocycles. The molecule has 0 aliphatic heterocycles. The molecule has 0 fully saturated rings. The van der Waals surface area contributed by atoms with Crippen molar-refractivity contribution in [1.82, 2.24) is 0 Å². The van der Waals surface area contributed by atoms with Crippen LogP contribution in [0.4, 0.5) is 0 Å². The smallest absolute Gasteiger partial charge is 0.375 e. The van der Waals surface area contributed by atoms with Crippen molar-refractivity contribution < 1.29 is 34.4 Å². The van der Waals surface area contributed by atoms with E-state index >= 15 is 0 Å². The molecule has 4 N–H and O–H groups in total. The van der Waals surface area contributed by atoms with Gasteiger partial charge in [-0.05, 0) is 0 Å². The Balaban J connectivity index is 3.39. The SMILES string of the molecule is O=C(O)c1oc(O)c(C(=O)O)c1O. The Morgan fingerprint density at radius 1 is 1.08 bits per heavy atom. The van der Waals surface area contributed by atoms with E-state index in [9.17, 15) is 9.59 Å². The van der Waals surface area contributed by atoms with Crippen LogP contribution in [0.1, 0.15) is 20.9 Å². The molecule has 0 aliphatic carbocycles. The van der Waals surface area contributed by atoms with Crippen molar-refractivity contribution in [2.75, 3.05) is 0 Å². The first kappa shape index (κ1) is 8.91. The van der Waals surface area contributed by atoms with Crippen LogP contribution in [-0.4, -0.2) is 32.4 Å². The molecule has 0 aromatic carbocycles. The quantitative estimate of drug-likeness (QED) is 0.517. The highest BCUT2D eigenvalue weighted by molar-refractivity contribution is 5.98. The first-order valence-corrected chi connectivity index (χ1v) is 2.96. The molecular formula is C6H4O7. The lowest BCUT2D eigenvalue weighted by atomic mass is 10.2. The van der Waals surface area contributed by atoms with E-state index in [0.717, 1.165) is 0 Å². The highest BCUT2D eigenvalue weighted by Gasteiger charge is 2.28. The molecule has 0 radical (unpaired) electrons. The van der Waals surface area contributed by atoms with Gasteiger partial charge >= 0.3 is 17.9 Å². The van der Waals surface area contributed by atoms with E-state index in [-0.39, 0.29) is 0 Å². The minimum absolute atomic E-state index is 0.961. The molecule has 0 saturated heterocycles. The predicted octanol–water partition coefficient (Wildman–Crippen LogP) is 0.0872. The summed E-state index contributed by atoms with van der Waals surface area (Å²) in [4.78, 5) is 20.6. The first-order chi connectivity index (χ1) is 5.95. The van der Waals surface area contributed by atoms with Gasteiger partial charge in [0.2, 0.25) is 0 Å². The summed E-state index contributed by atoms with van der Waals surface area (Å²) in [5.74, 6) is -6.58. The fourth-order valence-electron chi connectivity index (χ4n) is 0.749. The van der Waals surface area contributed by atoms with Crippen LogP contribution in [0.2, 0.25) is 0 Å². The van der Waals surface area contributed by atoms with E-state index in [1.165, 1.54) is 0 Å². The van der Waals surface area contributed by atoms with Gasteiger partial charge in [0.25, 0.3) is 5.76 Å². The molecule has 1 aromatic rings. The largest absolute Gasteiger partial charge is 0.503 e. The normalized spacial score (nSPS) is 9.85. The molecule has 13 heavy (non-hydrogen) atoms. The Hall–Kier alpha value is -2.18. The van der Waals surface area contributed by atoms with Crippen molar-refractivity contribution >= 4 is 11.9 Å². The van der Waals surface area contributed by atoms with Gasteiger partial charge in [-0.15, -0.1) is 0 Å². The third kappa shape index (κ3) is 1.26. The van der Waals surface area contributed by atoms with Gasteiger partial charge in [0.05, 0.1) is 0 Å². The van der Waals surface area contributed by atoms with Gasteiger partial charge in [-0.2, -0.15) is 0 Å². The topological polar surface area (TPSA) is 128 Å². The van der Waals surface area contributed by atoms with Crippen LogP contribution in [0, 0.1) is 0 Å². The Bertz CT molecular complexity index is 375. The maximum Gasteiger partial charge on any atom is 0.375 e. The van der Waals surface area contributed by atoms with Crippen molar-refractivity contribution in [3.63, 3.8) is 0 Å². The Labute approximate surface area is 70.5 Å². The molecule has 1 heterocycles. The van der Waals surface area contributed by atoms with Gasteiger partial charge in [0.1, 0.15) is 0 Å². The summed E-state index contributed by atoms with van der Waals surface area (Å²) >= 11 is 0. The summed E-state index contributed by atoms with van der Waals surface area (Å²) in [6.45, 7) is 0. The van der Waals surface area contributed by atoms with Crippen LogP contribution in [-0.2, 0) is 0 Å². The zero-order valence-electron chi connectivity index (χ0n) is 6.01. The van der Waals surface area contributed by atoms with Gasteiger partial charge in [0.15, 0.2) is 11.3 Å². The van der Waals surface area contributed by atoms with Gasteiger partial charge < -0.3 is 24.8 Å². The van der Waals surface area contributed by atoms with Crippen LogP contribution in [0.5, 0.6) is 11.7 Å². The van der Waals surface area contributed by atoms with E-state index < -0.39 is 35.0 Å². The Kier molecular flexibility index (Phi) is 1.85. The average Bonchev–Trinajstić information content (AvgIpc) is 2.26. The van der Waals surface area contributed by atoms with Gasteiger partial charge in [-0.3, -0.25) is 0 Å².